The lowest BCUT2D eigenvalue weighted by Crippen LogP contribution is -2.25. The molecule has 0 saturated carbocycles. The first kappa shape index (κ1) is 14.0. The van der Waals surface area contributed by atoms with E-state index < -0.39 is 0 Å². The molecule has 0 radical (unpaired) electrons. The lowest BCUT2D eigenvalue weighted by atomic mass is 9.97. The Hall–Kier alpha value is -2.00. The highest BCUT2D eigenvalue weighted by atomic mass is 35.5. The van der Waals surface area contributed by atoms with E-state index in [-0.39, 0.29) is 5.91 Å². The summed E-state index contributed by atoms with van der Waals surface area (Å²) >= 11 is 6.11. The minimum Gasteiger partial charge on any atom is -0.385 e. The number of nitrogens with one attached hydrogen (secondary N) is 2. The second-order valence-corrected chi connectivity index (χ2v) is 5.54. The van der Waals surface area contributed by atoms with E-state index in [0.29, 0.717) is 11.6 Å². The lowest BCUT2D eigenvalue weighted by Gasteiger charge is -2.20. The Bertz CT molecular complexity index is 670. The van der Waals surface area contributed by atoms with Gasteiger partial charge in [0, 0.05) is 29.4 Å². The van der Waals surface area contributed by atoms with Crippen LogP contribution in [0.3, 0.4) is 0 Å². The van der Waals surface area contributed by atoms with E-state index in [1.807, 2.05) is 42.5 Å². The van der Waals surface area contributed by atoms with Crippen molar-refractivity contribution < 1.29 is 4.79 Å². The Labute approximate surface area is 129 Å². The molecule has 3 rings (SSSR count). The van der Waals surface area contributed by atoms with Crippen LogP contribution in [0.15, 0.2) is 42.5 Å². The fraction of sp³-hybridized carbons (Fsp3) is 0.235. The maximum absolute atomic E-state index is 12.4. The molecule has 0 aliphatic carbocycles. The number of benzene rings is 2. The van der Waals surface area contributed by atoms with Gasteiger partial charge >= 0.3 is 0 Å². The molecule has 1 amide bonds. The van der Waals surface area contributed by atoms with Crippen LogP contribution in [-0.4, -0.2) is 12.5 Å². The zero-order chi connectivity index (χ0) is 14.7. The van der Waals surface area contributed by atoms with Crippen molar-refractivity contribution in [3.8, 4) is 0 Å². The molecule has 0 unspecified atom stereocenters. The highest BCUT2D eigenvalue weighted by molar-refractivity contribution is 6.31. The topological polar surface area (TPSA) is 41.1 Å². The molecule has 0 spiro atoms. The summed E-state index contributed by atoms with van der Waals surface area (Å²) in [5, 5.41) is 6.97. The number of hydrogen-bond acceptors (Lipinski definition) is 2. The number of amides is 1. The lowest BCUT2D eigenvalue weighted by molar-refractivity contribution is 0.0950. The summed E-state index contributed by atoms with van der Waals surface area (Å²) in [6, 6.07) is 13.4. The van der Waals surface area contributed by atoms with Crippen LogP contribution in [0.25, 0.3) is 0 Å². The molecule has 0 aromatic heterocycles. The first-order valence-electron chi connectivity index (χ1n) is 7.13. The molecule has 108 valence electrons. The van der Waals surface area contributed by atoms with E-state index in [2.05, 4.69) is 10.6 Å². The van der Waals surface area contributed by atoms with E-state index in [4.69, 9.17) is 11.6 Å². The molecule has 1 heterocycles. The van der Waals surface area contributed by atoms with Crippen molar-refractivity contribution in [1.82, 2.24) is 5.32 Å². The van der Waals surface area contributed by atoms with E-state index in [1.165, 1.54) is 0 Å². The van der Waals surface area contributed by atoms with Gasteiger partial charge in [-0.15, -0.1) is 0 Å². The van der Waals surface area contributed by atoms with Gasteiger partial charge in [-0.1, -0.05) is 35.9 Å². The summed E-state index contributed by atoms with van der Waals surface area (Å²) < 4.78 is 0. The van der Waals surface area contributed by atoms with E-state index in [0.717, 1.165) is 41.8 Å². The fourth-order valence-corrected chi connectivity index (χ4v) is 2.84. The smallest absolute Gasteiger partial charge is 0.251 e. The Morgan fingerprint density at radius 3 is 2.90 bits per heavy atom. The number of carbonyl (C=O) groups excluding carboxylic acids is 1. The first-order valence-corrected chi connectivity index (χ1v) is 7.51. The molecule has 2 N–H and O–H groups in total. The number of fused-ring (bicyclic) bond motifs is 1. The molecule has 0 fully saturated rings. The van der Waals surface area contributed by atoms with Gasteiger partial charge < -0.3 is 10.6 Å². The molecule has 4 heteroatoms. The normalized spacial score (nSPS) is 13.2. The molecule has 2 aromatic rings. The van der Waals surface area contributed by atoms with Crippen LogP contribution < -0.4 is 10.6 Å². The summed E-state index contributed by atoms with van der Waals surface area (Å²) in [5.41, 5.74) is 3.87. The zero-order valence-corrected chi connectivity index (χ0v) is 12.4. The van der Waals surface area contributed by atoms with Crippen LogP contribution in [-0.2, 0) is 13.0 Å². The molecular weight excluding hydrogens is 284 g/mol. The summed E-state index contributed by atoms with van der Waals surface area (Å²) in [7, 11) is 0. The summed E-state index contributed by atoms with van der Waals surface area (Å²) in [4.78, 5) is 12.4. The average Bonchev–Trinajstić information content (AvgIpc) is 2.53. The fourth-order valence-electron chi connectivity index (χ4n) is 2.64. The van der Waals surface area contributed by atoms with Crippen LogP contribution in [0.4, 0.5) is 5.69 Å². The third-order valence-corrected chi connectivity index (χ3v) is 4.11. The Morgan fingerprint density at radius 1 is 1.19 bits per heavy atom. The summed E-state index contributed by atoms with van der Waals surface area (Å²) in [6.07, 6.45) is 2.00. The Balaban J connectivity index is 1.76. The van der Waals surface area contributed by atoms with Crippen molar-refractivity contribution in [2.24, 2.45) is 0 Å². The van der Waals surface area contributed by atoms with Gasteiger partial charge in [0.15, 0.2) is 0 Å². The molecule has 21 heavy (non-hydrogen) atoms. The second kappa shape index (κ2) is 6.19. The van der Waals surface area contributed by atoms with Crippen molar-refractivity contribution in [3.63, 3.8) is 0 Å². The van der Waals surface area contributed by atoms with Gasteiger partial charge in [-0.2, -0.15) is 0 Å². The summed E-state index contributed by atoms with van der Waals surface area (Å²) in [6.45, 7) is 1.41. The largest absolute Gasteiger partial charge is 0.385 e. The second-order valence-electron chi connectivity index (χ2n) is 5.14. The Kier molecular flexibility index (Phi) is 4.11. The third kappa shape index (κ3) is 3.03. The highest BCUT2D eigenvalue weighted by Crippen LogP contribution is 2.25. The van der Waals surface area contributed by atoms with Crippen molar-refractivity contribution >= 4 is 23.2 Å². The van der Waals surface area contributed by atoms with Crippen molar-refractivity contribution in [3.05, 3.63) is 64.2 Å². The SMILES string of the molecule is O=C(NCc1ccccc1Cl)c1cccc2c1CCCN2. The number of halogens is 1. The van der Waals surface area contributed by atoms with Gasteiger partial charge in [-0.25, -0.2) is 0 Å². The third-order valence-electron chi connectivity index (χ3n) is 3.74. The monoisotopic (exact) mass is 300 g/mol. The molecule has 3 nitrogen and oxygen atoms in total. The quantitative estimate of drug-likeness (QED) is 0.909. The summed E-state index contributed by atoms with van der Waals surface area (Å²) in [5.74, 6) is -0.0459. The molecular formula is C17H17ClN2O. The van der Waals surface area contributed by atoms with Crippen molar-refractivity contribution in [1.29, 1.82) is 0 Å². The zero-order valence-electron chi connectivity index (χ0n) is 11.7. The predicted molar refractivity (Wildman–Crippen MR) is 85.9 cm³/mol. The van der Waals surface area contributed by atoms with Gasteiger partial charge in [-0.05, 0) is 42.2 Å². The highest BCUT2D eigenvalue weighted by Gasteiger charge is 2.17. The number of rotatable bonds is 3. The van der Waals surface area contributed by atoms with Crippen LogP contribution in [0.1, 0.15) is 27.9 Å². The maximum Gasteiger partial charge on any atom is 0.251 e. The van der Waals surface area contributed by atoms with Gasteiger partial charge in [0.25, 0.3) is 5.91 Å². The Morgan fingerprint density at radius 2 is 2.05 bits per heavy atom. The number of anilines is 1. The molecule has 1 aliphatic rings. The molecule has 0 saturated heterocycles. The molecule has 1 aliphatic heterocycles. The van der Waals surface area contributed by atoms with Crippen LogP contribution in [0.2, 0.25) is 5.02 Å². The van der Waals surface area contributed by atoms with Gasteiger partial charge in [-0.3, -0.25) is 4.79 Å². The van der Waals surface area contributed by atoms with E-state index >= 15 is 0 Å². The van der Waals surface area contributed by atoms with Crippen LogP contribution >= 0.6 is 11.6 Å². The number of carbonyl (C=O) groups is 1. The minimum atomic E-state index is -0.0459. The number of hydrogen-bond donors (Lipinski definition) is 2. The average molecular weight is 301 g/mol. The maximum atomic E-state index is 12.4. The van der Waals surface area contributed by atoms with Gasteiger partial charge in [0.1, 0.15) is 0 Å². The van der Waals surface area contributed by atoms with Crippen molar-refractivity contribution in [2.75, 3.05) is 11.9 Å². The van der Waals surface area contributed by atoms with Crippen molar-refractivity contribution in [2.45, 2.75) is 19.4 Å². The van der Waals surface area contributed by atoms with Gasteiger partial charge in [0.05, 0.1) is 0 Å². The minimum absolute atomic E-state index is 0.0459. The van der Waals surface area contributed by atoms with E-state index in [1.54, 1.807) is 0 Å². The van der Waals surface area contributed by atoms with Gasteiger partial charge in [0.2, 0.25) is 0 Å². The standard InChI is InChI=1S/C17H17ClN2O/c18-15-8-2-1-5-12(15)11-20-17(21)14-6-3-9-16-13(14)7-4-10-19-16/h1-3,5-6,8-9,19H,4,7,10-11H2,(H,20,21). The van der Waals surface area contributed by atoms with Crippen LogP contribution in [0.5, 0.6) is 0 Å². The molecule has 0 bridgehead atoms. The van der Waals surface area contributed by atoms with Crippen LogP contribution in [0, 0.1) is 0 Å². The predicted octanol–water partition coefficient (Wildman–Crippen LogP) is 3.63. The van der Waals surface area contributed by atoms with E-state index in [9.17, 15) is 4.79 Å². The molecule has 0 atom stereocenters. The molecule has 2 aromatic carbocycles. The first-order chi connectivity index (χ1) is 10.3.